The fourth-order valence-corrected chi connectivity index (χ4v) is 3.04. The van der Waals surface area contributed by atoms with E-state index in [4.69, 9.17) is 21.1 Å². The Balaban J connectivity index is 1.74. The molecular weight excluding hydrogens is 292 g/mol. The lowest BCUT2D eigenvalue weighted by atomic mass is 9.91. The van der Waals surface area contributed by atoms with Crippen molar-refractivity contribution in [1.82, 2.24) is 9.88 Å². The molecule has 0 aromatic carbocycles. The van der Waals surface area contributed by atoms with Gasteiger partial charge in [-0.15, -0.1) is 0 Å². The third kappa shape index (κ3) is 3.36. The van der Waals surface area contributed by atoms with Gasteiger partial charge in [0.15, 0.2) is 6.23 Å². The highest BCUT2D eigenvalue weighted by Gasteiger charge is 2.38. The van der Waals surface area contributed by atoms with Crippen molar-refractivity contribution in [3.8, 4) is 5.75 Å². The number of hydrogen-bond acceptors (Lipinski definition) is 5. The number of rotatable bonds is 4. The topological polar surface area (TPSA) is 51.7 Å². The predicted molar refractivity (Wildman–Crippen MR) is 78.4 cm³/mol. The van der Waals surface area contributed by atoms with Gasteiger partial charge in [-0.05, 0) is 19.4 Å². The van der Waals surface area contributed by atoms with Crippen LogP contribution in [-0.4, -0.2) is 47.7 Å². The van der Waals surface area contributed by atoms with Crippen molar-refractivity contribution in [1.29, 1.82) is 0 Å². The van der Waals surface area contributed by atoms with E-state index >= 15 is 0 Å². The molecule has 2 fully saturated rings. The predicted octanol–water partition coefficient (Wildman–Crippen LogP) is 2.14. The van der Waals surface area contributed by atoms with Crippen molar-refractivity contribution in [2.24, 2.45) is 5.92 Å². The molecule has 21 heavy (non-hydrogen) atoms. The molecule has 2 atom stereocenters. The van der Waals surface area contributed by atoms with Gasteiger partial charge < -0.3 is 9.47 Å². The summed E-state index contributed by atoms with van der Waals surface area (Å²) in [5.41, 5.74) is 0. The van der Waals surface area contributed by atoms with Gasteiger partial charge >= 0.3 is 0 Å². The summed E-state index contributed by atoms with van der Waals surface area (Å²) in [6, 6.07) is 3.88. The van der Waals surface area contributed by atoms with Crippen LogP contribution < -0.4 is 4.74 Å². The number of likely N-dealkylation sites (tertiary alicyclic amines) is 1. The Morgan fingerprint density at radius 2 is 2.33 bits per heavy atom. The average molecular weight is 311 g/mol. The maximum absolute atomic E-state index is 11.7. The number of pyridine rings is 1. The summed E-state index contributed by atoms with van der Waals surface area (Å²) in [6.07, 6.45) is 3.12. The van der Waals surface area contributed by atoms with Crippen molar-refractivity contribution in [3.63, 3.8) is 0 Å². The van der Waals surface area contributed by atoms with E-state index in [9.17, 15) is 4.79 Å². The van der Waals surface area contributed by atoms with Crippen LogP contribution in [0.1, 0.15) is 19.8 Å². The zero-order chi connectivity index (χ0) is 14.8. The summed E-state index contributed by atoms with van der Waals surface area (Å²) >= 11 is 5.90. The van der Waals surface area contributed by atoms with Crippen LogP contribution in [0, 0.1) is 5.92 Å². The third-order valence-corrected chi connectivity index (χ3v) is 4.43. The van der Waals surface area contributed by atoms with E-state index in [0.29, 0.717) is 23.4 Å². The first-order valence-corrected chi connectivity index (χ1v) is 7.63. The number of carbonyl (C=O) groups excluding carboxylic acids is 1. The number of ether oxygens (including phenoxy) is 2. The van der Waals surface area contributed by atoms with E-state index in [2.05, 4.69) is 9.88 Å². The summed E-state index contributed by atoms with van der Waals surface area (Å²) < 4.78 is 11.4. The van der Waals surface area contributed by atoms with Gasteiger partial charge in [0.2, 0.25) is 0 Å². The number of nitrogens with zero attached hydrogens (tertiary/aromatic N) is 2. The molecule has 0 spiro atoms. The van der Waals surface area contributed by atoms with Crippen molar-refractivity contribution >= 4 is 17.4 Å². The Morgan fingerprint density at radius 1 is 1.52 bits per heavy atom. The highest BCUT2D eigenvalue weighted by molar-refractivity contribution is 6.29. The fourth-order valence-electron chi connectivity index (χ4n) is 2.88. The van der Waals surface area contributed by atoms with Gasteiger partial charge in [0.05, 0.1) is 19.3 Å². The molecule has 5 nitrogen and oxygen atoms in total. The zero-order valence-electron chi connectivity index (χ0n) is 12.0. The van der Waals surface area contributed by atoms with Crippen molar-refractivity contribution in [2.45, 2.75) is 32.0 Å². The molecule has 3 rings (SSSR count). The smallest absolute Gasteiger partial charge is 0.153 e. The molecule has 6 heteroatoms. The van der Waals surface area contributed by atoms with Crippen LogP contribution >= 0.6 is 11.6 Å². The van der Waals surface area contributed by atoms with Crippen LogP contribution in [0.5, 0.6) is 5.75 Å². The summed E-state index contributed by atoms with van der Waals surface area (Å²) in [5, 5.41) is 0.407. The van der Waals surface area contributed by atoms with Gasteiger partial charge in [-0.2, -0.15) is 0 Å². The minimum Gasteiger partial charge on any atom is -0.475 e. The van der Waals surface area contributed by atoms with Crippen LogP contribution in [0.4, 0.5) is 0 Å². The molecule has 0 N–H and O–H groups in total. The second kappa shape index (κ2) is 6.30. The van der Waals surface area contributed by atoms with E-state index in [0.717, 1.165) is 26.2 Å². The lowest BCUT2D eigenvalue weighted by Gasteiger charge is -2.45. The van der Waals surface area contributed by atoms with Crippen LogP contribution in [-0.2, 0) is 9.53 Å². The Hall–Kier alpha value is -1.17. The van der Waals surface area contributed by atoms with Gasteiger partial charge in [0.1, 0.15) is 16.7 Å². The summed E-state index contributed by atoms with van der Waals surface area (Å²) in [6.45, 7) is 4.00. The highest BCUT2D eigenvalue weighted by atomic mass is 35.5. The van der Waals surface area contributed by atoms with Crippen LogP contribution in [0.25, 0.3) is 0 Å². The number of carbonyl (C=O) groups is 1. The molecule has 0 saturated carbocycles. The van der Waals surface area contributed by atoms with E-state index in [1.165, 1.54) is 0 Å². The number of piperidine rings is 1. The van der Waals surface area contributed by atoms with Crippen molar-refractivity contribution < 1.29 is 14.3 Å². The average Bonchev–Trinajstić information content (AvgIpc) is 2.38. The standard InChI is InChI=1S/C15H19ClN2O3/c1-10(19)11-3-5-18(12-8-20-9-12)15(6-11)21-13-2-4-17-14(16)7-13/h2,4,7,11-12,15H,3,5-6,8-9H2,1H3. The Kier molecular flexibility index (Phi) is 4.42. The lowest BCUT2D eigenvalue weighted by molar-refractivity contribution is -0.144. The normalized spacial score (nSPS) is 27.1. The monoisotopic (exact) mass is 310 g/mol. The number of hydrogen-bond donors (Lipinski definition) is 0. The first-order chi connectivity index (χ1) is 10.1. The molecule has 0 bridgehead atoms. The molecule has 0 amide bonds. The second-order valence-corrected chi connectivity index (χ2v) is 6.04. The van der Waals surface area contributed by atoms with Crippen LogP contribution in [0.15, 0.2) is 18.3 Å². The maximum Gasteiger partial charge on any atom is 0.153 e. The molecule has 2 unspecified atom stereocenters. The molecule has 2 saturated heterocycles. The Bertz CT molecular complexity index is 521. The summed E-state index contributed by atoms with van der Waals surface area (Å²) in [7, 11) is 0. The van der Waals surface area contributed by atoms with Gasteiger partial charge in [-0.3, -0.25) is 9.69 Å². The fraction of sp³-hybridized carbons (Fsp3) is 0.600. The first kappa shape index (κ1) is 14.8. The van der Waals surface area contributed by atoms with Crippen LogP contribution in [0.3, 0.4) is 0 Å². The molecule has 2 aliphatic rings. The molecule has 1 aromatic rings. The molecule has 2 aliphatic heterocycles. The maximum atomic E-state index is 11.7. The number of aromatic nitrogens is 1. The molecule has 0 radical (unpaired) electrons. The number of Topliss-reactive ketones (excluding diaryl/α,β-unsaturated/α-hetero) is 1. The lowest BCUT2D eigenvalue weighted by Crippen LogP contribution is -2.58. The highest BCUT2D eigenvalue weighted by Crippen LogP contribution is 2.30. The van der Waals surface area contributed by atoms with Crippen LogP contribution in [0.2, 0.25) is 5.15 Å². The number of halogens is 1. The van der Waals surface area contributed by atoms with Crippen molar-refractivity contribution in [3.05, 3.63) is 23.5 Å². The molecule has 114 valence electrons. The Labute approximate surface area is 129 Å². The minimum atomic E-state index is -0.111. The van der Waals surface area contributed by atoms with Crippen molar-refractivity contribution in [2.75, 3.05) is 19.8 Å². The largest absolute Gasteiger partial charge is 0.475 e. The number of ketones is 1. The molecular formula is C15H19ClN2O3. The SMILES string of the molecule is CC(=O)C1CCN(C2COC2)C(Oc2ccnc(Cl)c2)C1. The molecule has 0 aliphatic carbocycles. The van der Waals surface area contributed by atoms with E-state index in [1.54, 1.807) is 25.3 Å². The van der Waals surface area contributed by atoms with Gasteiger partial charge in [-0.1, -0.05) is 11.6 Å². The summed E-state index contributed by atoms with van der Waals surface area (Å²) in [4.78, 5) is 17.9. The van der Waals surface area contributed by atoms with Gasteiger partial charge in [0, 0.05) is 31.1 Å². The van der Waals surface area contributed by atoms with E-state index in [1.807, 2.05) is 0 Å². The van der Waals surface area contributed by atoms with Gasteiger partial charge in [0.25, 0.3) is 0 Å². The molecule has 3 heterocycles. The second-order valence-electron chi connectivity index (χ2n) is 5.65. The van der Waals surface area contributed by atoms with E-state index in [-0.39, 0.29) is 17.9 Å². The minimum absolute atomic E-state index is 0.0737. The van der Waals surface area contributed by atoms with E-state index < -0.39 is 0 Å². The third-order valence-electron chi connectivity index (χ3n) is 4.23. The Morgan fingerprint density at radius 3 is 2.95 bits per heavy atom. The molecule has 1 aromatic heterocycles. The zero-order valence-corrected chi connectivity index (χ0v) is 12.8. The quantitative estimate of drug-likeness (QED) is 0.798. The first-order valence-electron chi connectivity index (χ1n) is 7.25. The summed E-state index contributed by atoms with van der Waals surface area (Å²) in [5.74, 6) is 1.000. The van der Waals surface area contributed by atoms with Gasteiger partial charge in [-0.25, -0.2) is 4.98 Å².